The average molecular weight is 391 g/mol. The topological polar surface area (TPSA) is 12.0 Å². The molecule has 21 heavy (non-hydrogen) atoms. The standard InChI is InChI=1S/C16H15BrCl2FN/c1-2-8-21-16(11-7-6-10(18)9-14(11)19)12-4-3-5-13(17)15(12)20/h3-7,9,16,21H,2,8H2,1H3. The Bertz CT molecular complexity index is 634. The number of hydrogen-bond acceptors (Lipinski definition) is 1. The van der Waals surface area contributed by atoms with Crippen LogP contribution in [0.2, 0.25) is 10.0 Å². The molecule has 0 radical (unpaired) electrons. The van der Waals surface area contributed by atoms with Gasteiger partial charge in [-0.2, -0.15) is 0 Å². The van der Waals surface area contributed by atoms with Crippen molar-refractivity contribution in [3.05, 3.63) is 67.9 Å². The predicted molar refractivity (Wildman–Crippen MR) is 90.7 cm³/mol. The fourth-order valence-corrected chi connectivity index (χ4v) is 3.05. The fraction of sp³-hybridized carbons (Fsp3) is 0.250. The Morgan fingerprint density at radius 3 is 2.62 bits per heavy atom. The summed E-state index contributed by atoms with van der Waals surface area (Å²) in [6.07, 6.45) is 0.942. The van der Waals surface area contributed by atoms with Crippen LogP contribution in [-0.2, 0) is 0 Å². The third-order valence-electron chi connectivity index (χ3n) is 3.16. The zero-order valence-corrected chi connectivity index (χ0v) is 14.6. The minimum Gasteiger partial charge on any atom is -0.306 e. The van der Waals surface area contributed by atoms with Crippen molar-refractivity contribution in [3.8, 4) is 0 Å². The van der Waals surface area contributed by atoms with Crippen molar-refractivity contribution in [2.75, 3.05) is 6.54 Å². The largest absolute Gasteiger partial charge is 0.306 e. The SMILES string of the molecule is CCCNC(c1ccc(Cl)cc1Cl)c1cccc(Br)c1F. The number of benzene rings is 2. The van der Waals surface area contributed by atoms with E-state index in [0.29, 0.717) is 20.1 Å². The zero-order chi connectivity index (χ0) is 15.4. The molecular formula is C16H15BrCl2FN. The van der Waals surface area contributed by atoms with Gasteiger partial charge in [0.2, 0.25) is 0 Å². The number of halogens is 4. The van der Waals surface area contributed by atoms with Crippen LogP contribution in [0.1, 0.15) is 30.5 Å². The molecule has 2 aromatic rings. The molecule has 1 atom stereocenters. The Hall–Kier alpha value is -0.610. The van der Waals surface area contributed by atoms with Crippen molar-refractivity contribution in [1.82, 2.24) is 5.32 Å². The average Bonchev–Trinajstić information content (AvgIpc) is 2.45. The maximum absolute atomic E-state index is 14.4. The van der Waals surface area contributed by atoms with Gasteiger partial charge in [0, 0.05) is 15.6 Å². The van der Waals surface area contributed by atoms with Gasteiger partial charge < -0.3 is 5.32 Å². The van der Waals surface area contributed by atoms with E-state index in [-0.39, 0.29) is 11.9 Å². The van der Waals surface area contributed by atoms with Crippen LogP contribution in [0, 0.1) is 5.82 Å². The molecule has 112 valence electrons. The smallest absolute Gasteiger partial charge is 0.142 e. The van der Waals surface area contributed by atoms with Gasteiger partial charge in [0.1, 0.15) is 5.82 Å². The van der Waals surface area contributed by atoms with E-state index in [2.05, 4.69) is 28.2 Å². The normalized spacial score (nSPS) is 12.4. The third kappa shape index (κ3) is 3.98. The molecule has 0 amide bonds. The maximum atomic E-state index is 14.4. The van der Waals surface area contributed by atoms with E-state index < -0.39 is 0 Å². The van der Waals surface area contributed by atoms with Crippen LogP contribution < -0.4 is 5.32 Å². The summed E-state index contributed by atoms with van der Waals surface area (Å²) in [5.41, 5.74) is 1.37. The van der Waals surface area contributed by atoms with Gasteiger partial charge in [-0.3, -0.25) is 0 Å². The second-order valence-electron chi connectivity index (χ2n) is 4.70. The highest BCUT2D eigenvalue weighted by Crippen LogP contribution is 2.33. The van der Waals surface area contributed by atoms with Gasteiger partial charge in [-0.25, -0.2) is 4.39 Å². The highest BCUT2D eigenvalue weighted by Gasteiger charge is 2.21. The summed E-state index contributed by atoms with van der Waals surface area (Å²) >= 11 is 15.5. The molecular weight excluding hydrogens is 376 g/mol. The second-order valence-corrected chi connectivity index (χ2v) is 6.39. The molecule has 0 saturated heterocycles. The van der Waals surface area contributed by atoms with E-state index in [0.717, 1.165) is 18.5 Å². The summed E-state index contributed by atoms with van der Waals surface area (Å²) in [5.74, 6) is -0.280. The van der Waals surface area contributed by atoms with Gasteiger partial charge >= 0.3 is 0 Å². The van der Waals surface area contributed by atoms with Crippen molar-refractivity contribution < 1.29 is 4.39 Å². The molecule has 0 heterocycles. The lowest BCUT2D eigenvalue weighted by atomic mass is 9.98. The molecule has 0 saturated carbocycles. The molecule has 0 aliphatic heterocycles. The minimum atomic E-state index is -0.313. The summed E-state index contributed by atoms with van der Waals surface area (Å²) in [6, 6.07) is 10.2. The number of hydrogen-bond donors (Lipinski definition) is 1. The third-order valence-corrected chi connectivity index (χ3v) is 4.34. The Balaban J connectivity index is 2.49. The molecule has 1 N–H and O–H groups in total. The summed E-state index contributed by atoms with van der Waals surface area (Å²) < 4.78 is 14.9. The summed E-state index contributed by atoms with van der Waals surface area (Å²) in [4.78, 5) is 0. The highest BCUT2D eigenvalue weighted by atomic mass is 79.9. The Morgan fingerprint density at radius 2 is 1.95 bits per heavy atom. The quantitative estimate of drug-likeness (QED) is 0.661. The van der Waals surface area contributed by atoms with Crippen molar-refractivity contribution in [2.24, 2.45) is 0 Å². The van der Waals surface area contributed by atoms with Crippen LogP contribution in [0.15, 0.2) is 40.9 Å². The van der Waals surface area contributed by atoms with Crippen molar-refractivity contribution >= 4 is 39.1 Å². The Kier molecular flexibility index (Phi) is 6.06. The van der Waals surface area contributed by atoms with E-state index >= 15 is 0 Å². The van der Waals surface area contributed by atoms with Gasteiger partial charge in [0.15, 0.2) is 0 Å². The minimum absolute atomic E-state index is 0.280. The molecule has 0 spiro atoms. The molecule has 0 aromatic heterocycles. The van der Waals surface area contributed by atoms with Gasteiger partial charge in [0.25, 0.3) is 0 Å². The van der Waals surface area contributed by atoms with Gasteiger partial charge in [0.05, 0.1) is 10.5 Å². The first-order chi connectivity index (χ1) is 10.0. The molecule has 1 nitrogen and oxygen atoms in total. The molecule has 2 aromatic carbocycles. The van der Waals surface area contributed by atoms with Crippen LogP contribution in [0.3, 0.4) is 0 Å². The second kappa shape index (κ2) is 7.59. The lowest BCUT2D eigenvalue weighted by molar-refractivity contribution is 0.543. The van der Waals surface area contributed by atoms with Crippen LogP contribution in [0.5, 0.6) is 0 Å². The van der Waals surface area contributed by atoms with Crippen LogP contribution >= 0.6 is 39.1 Å². The molecule has 0 bridgehead atoms. The summed E-state index contributed by atoms with van der Waals surface area (Å²) in [5, 5.41) is 4.43. The first kappa shape index (κ1) is 16.8. The van der Waals surface area contributed by atoms with Crippen LogP contribution in [0.25, 0.3) is 0 Å². The highest BCUT2D eigenvalue weighted by molar-refractivity contribution is 9.10. The molecule has 0 aliphatic carbocycles. The summed E-state index contributed by atoms with van der Waals surface area (Å²) in [7, 11) is 0. The monoisotopic (exact) mass is 389 g/mol. The van der Waals surface area contributed by atoms with Crippen molar-refractivity contribution in [2.45, 2.75) is 19.4 Å². The zero-order valence-electron chi connectivity index (χ0n) is 11.5. The predicted octanol–water partition coefficient (Wildman–Crippen LogP) is 5.98. The lowest BCUT2D eigenvalue weighted by Crippen LogP contribution is -2.24. The van der Waals surface area contributed by atoms with E-state index in [9.17, 15) is 4.39 Å². The van der Waals surface area contributed by atoms with E-state index in [4.69, 9.17) is 23.2 Å². The van der Waals surface area contributed by atoms with Gasteiger partial charge in [-0.1, -0.05) is 48.3 Å². The number of rotatable bonds is 5. The van der Waals surface area contributed by atoms with E-state index in [1.54, 1.807) is 24.3 Å². The van der Waals surface area contributed by atoms with Crippen LogP contribution in [0.4, 0.5) is 4.39 Å². The Morgan fingerprint density at radius 1 is 1.19 bits per heavy atom. The maximum Gasteiger partial charge on any atom is 0.142 e. The molecule has 2 rings (SSSR count). The van der Waals surface area contributed by atoms with Crippen molar-refractivity contribution in [3.63, 3.8) is 0 Å². The Labute approximate surface area is 142 Å². The lowest BCUT2D eigenvalue weighted by Gasteiger charge is -2.22. The summed E-state index contributed by atoms with van der Waals surface area (Å²) in [6.45, 7) is 2.82. The molecule has 0 aliphatic rings. The van der Waals surface area contributed by atoms with Crippen LogP contribution in [-0.4, -0.2) is 6.54 Å². The molecule has 0 fully saturated rings. The van der Waals surface area contributed by atoms with Gasteiger partial charge in [-0.05, 0) is 52.7 Å². The van der Waals surface area contributed by atoms with E-state index in [1.807, 2.05) is 12.1 Å². The first-order valence-corrected chi connectivity index (χ1v) is 8.21. The molecule has 1 unspecified atom stereocenters. The first-order valence-electron chi connectivity index (χ1n) is 6.66. The van der Waals surface area contributed by atoms with Crippen molar-refractivity contribution in [1.29, 1.82) is 0 Å². The fourth-order valence-electron chi connectivity index (χ4n) is 2.16. The van der Waals surface area contributed by atoms with Gasteiger partial charge in [-0.15, -0.1) is 0 Å². The number of nitrogens with one attached hydrogen (secondary N) is 1. The van der Waals surface area contributed by atoms with E-state index in [1.165, 1.54) is 0 Å². The molecule has 5 heteroatoms.